The SMILES string of the molecule is CCCCCCCCCCc1ccc(OCC2CCC(c3ncc(CCCCCCCCCC)cn3)CC2)cc1. The van der Waals surface area contributed by atoms with Gasteiger partial charge in [-0.1, -0.05) is 116 Å². The van der Waals surface area contributed by atoms with E-state index >= 15 is 0 Å². The molecule has 224 valence electrons. The van der Waals surface area contributed by atoms with E-state index in [2.05, 4.69) is 50.5 Å². The summed E-state index contributed by atoms with van der Waals surface area (Å²) in [7, 11) is 0. The number of hydrogen-bond acceptors (Lipinski definition) is 3. The summed E-state index contributed by atoms with van der Waals surface area (Å²) in [6.45, 7) is 5.41. The number of ether oxygens (including phenoxy) is 1. The van der Waals surface area contributed by atoms with E-state index in [-0.39, 0.29) is 0 Å². The summed E-state index contributed by atoms with van der Waals surface area (Å²) in [6.07, 6.45) is 33.3. The third kappa shape index (κ3) is 13.6. The van der Waals surface area contributed by atoms with Crippen LogP contribution in [0.2, 0.25) is 0 Å². The van der Waals surface area contributed by atoms with Crippen LogP contribution in [0.15, 0.2) is 36.7 Å². The lowest BCUT2D eigenvalue weighted by atomic mass is 9.82. The molecular weight excluding hydrogens is 488 g/mol. The lowest BCUT2D eigenvalue weighted by Crippen LogP contribution is -2.20. The maximum absolute atomic E-state index is 6.19. The predicted octanol–water partition coefficient (Wildman–Crippen LogP) is 11.2. The maximum atomic E-state index is 6.19. The van der Waals surface area contributed by atoms with Crippen molar-refractivity contribution < 1.29 is 4.74 Å². The van der Waals surface area contributed by atoms with E-state index in [0.717, 1.165) is 24.6 Å². The lowest BCUT2D eigenvalue weighted by Gasteiger charge is -2.27. The smallest absolute Gasteiger partial charge is 0.131 e. The maximum Gasteiger partial charge on any atom is 0.131 e. The Morgan fingerprint density at radius 3 is 1.57 bits per heavy atom. The third-order valence-corrected chi connectivity index (χ3v) is 8.98. The van der Waals surface area contributed by atoms with E-state index in [0.29, 0.717) is 11.8 Å². The molecule has 1 heterocycles. The van der Waals surface area contributed by atoms with Crippen LogP contribution in [0.25, 0.3) is 0 Å². The Balaban J connectivity index is 1.23. The van der Waals surface area contributed by atoms with Crippen molar-refractivity contribution in [2.75, 3.05) is 6.61 Å². The van der Waals surface area contributed by atoms with Gasteiger partial charge in [0.25, 0.3) is 0 Å². The van der Waals surface area contributed by atoms with Gasteiger partial charge in [-0.25, -0.2) is 9.97 Å². The Kier molecular flexibility index (Phi) is 17.0. The highest BCUT2D eigenvalue weighted by Crippen LogP contribution is 2.34. The van der Waals surface area contributed by atoms with Crippen LogP contribution in [0.4, 0.5) is 0 Å². The zero-order chi connectivity index (χ0) is 28.1. The van der Waals surface area contributed by atoms with Crippen LogP contribution in [0.3, 0.4) is 0 Å². The first-order valence-electron chi connectivity index (χ1n) is 17.3. The van der Waals surface area contributed by atoms with E-state index in [4.69, 9.17) is 14.7 Å². The molecule has 1 saturated carbocycles. The molecule has 2 aromatic rings. The highest BCUT2D eigenvalue weighted by molar-refractivity contribution is 5.27. The van der Waals surface area contributed by atoms with Gasteiger partial charge in [0, 0.05) is 18.3 Å². The summed E-state index contributed by atoms with van der Waals surface area (Å²) >= 11 is 0. The molecule has 0 spiro atoms. The molecule has 40 heavy (non-hydrogen) atoms. The van der Waals surface area contributed by atoms with Gasteiger partial charge in [0.2, 0.25) is 0 Å². The Hall–Kier alpha value is -1.90. The third-order valence-electron chi connectivity index (χ3n) is 8.98. The molecule has 1 aliphatic rings. The number of aryl methyl sites for hydroxylation is 2. The first-order chi connectivity index (χ1) is 19.8. The zero-order valence-corrected chi connectivity index (χ0v) is 26.2. The van der Waals surface area contributed by atoms with Gasteiger partial charge in [-0.2, -0.15) is 0 Å². The van der Waals surface area contributed by atoms with Crippen LogP contribution in [0.1, 0.15) is 165 Å². The molecule has 1 aromatic carbocycles. The second-order valence-corrected chi connectivity index (χ2v) is 12.6. The molecular formula is C37H60N2O. The largest absolute Gasteiger partial charge is 0.493 e. The number of benzene rings is 1. The van der Waals surface area contributed by atoms with Crippen molar-refractivity contribution in [1.29, 1.82) is 0 Å². The summed E-state index contributed by atoms with van der Waals surface area (Å²) < 4.78 is 6.19. The van der Waals surface area contributed by atoms with Crippen LogP contribution in [-0.4, -0.2) is 16.6 Å². The standard InChI is InChI=1S/C37H60N2O/c1-3-5-7-9-11-13-15-17-19-32-23-27-36(28-24-32)40-31-33-21-25-35(26-22-33)37-38-29-34(30-39-37)20-18-16-14-12-10-8-6-4-2/h23-24,27-30,33,35H,3-22,25-26,31H2,1-2H3. The predicted molar refractivity (Wildman–Crippen MR) is 171 cm³/mol. The molecule has 0 saturated heterocycles. The minimum Gasteiger partial charge on any atom is -0.493 e. The monoisotopic (exact) mass is 548 g/mol. The van der Waals surface area contributed by atoms with Crippen molar-refractivity contribution in [3.05, 3.63) is 53.6 Å². The van der Waals surface area contributed by atoms with Crippen LogP contribution in [-0.2, 0) is 12.8 Å². The van der Waals surface area contributed by atoms with E-state index in [1.54, 1.807) is 0 Å². The molecule has 0 unspecified atom stereocenters. The molecule has 0 atom stereocenters. The normalized spacial score (nSPS) is 17.2. The van der Waals surface area contributed by atoms with Crippen molar-refractivity contribution in [2.45, 2.75) is 161 Å². The summed E-state index contributed by atoms with van der Waals surface area (Å²) in [5, 5.41) is 0. The summed E-state index contributed by atoms with van der Waals surface area (Å²) in [4.78, 5) is 9.56. The van der Waals surface area contributed by atoms with Gasteiger partial charge in [0.05, 0.1) is 6.61 Å². The molecule has 1 fully saturated rings. The first kappa shape index (κ1) is 32.6. The van der Waals surface area contributed by atoms with E-state index in [9.17, 15) is 0 Å². The molecule has 0 amide bonds. The molecule has 3 heteroatoms. The minimum absolute atomic E-state index is 0.518. The van der Waals surface area contributed by atoms with Gasteiger partial charge in [-0.3, -0.25) is 0 Å². The summed E-state index contributed by atoms with van der Waals surface area (Å²) in [5.74, 6) is 3.25. The average molecular weight is 549 g/mol. The van der Waals surface area contributed by atoms with Gasteiger partial charge in [0.1, 0.15) is 11.6 Å². The van der Waals surface area contributed by atoms with Crippen LogP contribution in [0, 0.1) is 5.92 Å². The molecule has 0 radical (unpaired) electrons. The molecule has 0 N–H and O–H groups in total. The lowest BCUT2D eigenvalue weighted by molar-refractivity contribution is 0.198. The van der Waals surface area contributed by atoms with Crippen molar-refractivity contribution in [2.24, 2.45) is 5.92 Å². The number of hydrogen-bond donors (Lipinski definition) is 0. The van der Waals surface area contributed by atoms with Gasteiger partial charge in [0.15, 0.2) is 0 Å². The Labute approximate surface area is 247 Å². The quantitative estimate of drug-likeness (QED) is 0.137. The topological polar surface area (TPSA) is 35.0 Å². The first-order valence-corrected chi connectivity index (χ1v) is 17.3. The van der Waals surface area contributed by atoms with E-state index in [1.807, 2.05) is 0 Å². The van der Waals surface area contributed by atoms with Crippen molar-refractivity contribution >= 4 is 0 Å². The fourth-order valence-corrected chi connectivity index (χ4v) is 6.18. The van der Waals surface area contributed by atoms with Crippen LogP contribution >= 0.6 is 0 Å². The number of aromatic nitrogens is 2. The van der Waals surface area contributed by atoms with Crippen molar-refractivity contribution in [3.63, 3.8) is 0 Å². The molecule has 1 aliphatic carbocycles. The fourth-order valence-electron chi connectivity index (χ4n) is 6.18. The van der Waals surface area contributed by atoms with Crippen LogP contribution in [0.5, 0.6) is 5.75 Å². The molecule has 0 bridgehead atoms. The summed E-state index contributed by atoms with van der Waals surface area (Å²) in [5.41, 5.74) is 2.75. The minimum atomic E-state index is 0.518. The van der Waals surface area contributed by atoms with Gasteiger partial charge < -0.3 is 4.74 Å². The highest BCUT2D eigenvalue weighted by atomic mass is 16.5. The van der Waals surface area contributed by atoms with Gasteiger partial charge in [-0.15, -0.1) is 0 Å². The molecule has 3 rings (SSSR count). The highest BCUT2D eigenvalue weighted by Gasteiger charge is 2.24. The molecule has 1 aromatic heterocycles. The van der Waals surface area contributed by atoms with E-state index < -0.39 is 0 Å². The Bertz CT molecular complexity index is 855. The Morgan fingerprint density at radius 1 is 0.575 bits per heavy atom. The van der Waals surface area contributed by atoms with E-state index in [1.165, 1.54) is 146 Å². The summed E-state index contributed by atoms with van der Waals surface area (Å²) in [6, 6.07) is 8.88. The number of rotatable bonds is 22. The van der Waals surface area contributed by atoms with Crippen molar-refractivity contribution in [1.82, 2.24) is 9.97 Å². The van der Waals surface area contributed by atoms with Gasteiger partial charge >= 0.3 is 0 Å². The van der Waals surface area contributed by atoms with Crippen LogP contribution < -0.4 is 4.74 Å². The fraction of sp³-hybridized carbons (Fsp3) is 0.730. The zero-order valence-electron chi connectivity index (χ0n) is 26.2. The second-order valence-electron chi connectivity index (χ2n) is 12.6. The number of nitrogens with zero attached hydrogens (tertiary/aromatic N) is 2. The Morgan fingerprint density at radius 2 is 1.05 bits per heavy atom. The second kappa shape index (κ2) is 20.9. The molecule has 3 nitrogen and oxygen atoms in total. The van der Waals surface area contributed by atoms with Gasteiger partial charge in [-0.05, 0) is 80.5 Å². The number of unbranched alkanes of at least 4 members (excludes halogenated alkanes) is 14. The van der Waals surface area contributed by atoms with Crippen molar-refractivity contribution in [3.8, 4) is 5.75 Å². The molecule has 0 aliphatic heterocycles. The average Bonchev–Trinajstić information content (AvgIpc) is 3.00.